The Morgan fingerprint density at radius 2 is 1.95 bits per heavy atom. The molecule has 0 aromatic rings. The Kier molecular flexibility index (Phi) is 4.15. The van der Waals surface area contributed by atoms with Crippen LogP contribution in [0.1, 0.15) is 40.0 Å². The van der Waals surface area contributed by atoms with E-state index < -0.39 is 0 Å². The molecule has 1 aliphatic heterocycles. The van der Waals surface area contributed by atoms with Crippen molar-refractivity contribution in [2.45, 2.75) is 46.1 Å². The number of carbonyl (C=O) groups is 1. The van der Waals surface area contributed by atoms with Crippen molar-refractivity contribution in [3.8, 4) is 6.07 Å². The van der Waals surface area contributed by atoms with E-state index in [0.717, 1.165) is 39.0 Å². The molecule has 1 saturated carbocycles. The lowest BCUT2D eigenvalue weighted by Crippen LogP contribution is -2.53. The quantitative estimate of drug-likeness (QED) is 0.764. The molecule has 19 heavy (non-hydrogen) atoms. The van der Waals surface area contributed by atoms with Crippen molar-refractivity contribution in [1.29, 1.82) is 5.26 Å². The van der Waals surface area contributed by atoms with Gasteiger partial charge >= 0.3 is 0 Å². The number of nitrogens with zero attached hydrogens (tertiary/aromatic N) is 3. The van der Waals surface area contributed by atoms with Crippen LogP contribution < -0.4 is 0 Å². The highest BCUT2D eigenvalue weighted by Crippen LogP contribution is 2.43. The molecule has 0 aromatic heterocycles. The van der Waals surface area contributed by atoms with Gasteiger partial charge in [-0.25, -0.2) is 0 Å². The fourth-order valence-corrected chi connectivity index (χ4v) is 3.42. The van der Waals surface area contributed by atoms with Gasteiger partial charge in [0.1, 0.15) is 0 Å². The van der Waals surface area contributed by atoms with Gasteiger partial charge in [0.05, 0.1) is 12.1 Å². The highest BCUT2D eigenvalue weighted by molar-refractivity contribution is 5.80. The molecule has 2 unspecified atom stereocenters. The summed E-state index contributed by atoms with van der Waals surface area (Å²) in [7, 11) is 0. The molecule has 4 nitrogen and oxygen atoms in total. The maximum atomic E-state index is 12.6. The van der Waals surface area contributed by atoms with Gasteiger partial charge in [0.25, 0.3) is 0 Å². The Morgan fingerprint density at radius 1 is 1.32 bits per heavy atom. The Labute approximate surface area is 116 Å². The molecule has 2 fully saturated rings. The molecule has 1 saturated heterocycles. The Bertz CT molecular complexity index is 377. The first kappa shape index (κ1) is 14.3. The second kappa shape index (κ2) is 5.50. The molecule has 2 rings (SSSR count). The van der Waals surface area contributed by atoms with Crippen LogP contribution in [0.25, 0.3) is 0 Å². The molecule has 2 atom stereocenters. The fourth-order valence-electron chi connectivity index (χ4n) is 3.42. The van der Waals surface area contributed by atoms with Crippen molar-refractivity contribution in [3.63, 3.8) is 0 Å². The number of piperazine rings is 1. The summed E-state index contributed by atoms with van der Waals surface area (Å²) in [5.74, 6) is 0.541. The molecule has 1 aliphatic carbocycles. The lowest BCUT2D eigenvalue weighted by atomic mass is 9.81. The number of hydrogen-bond acceptors (Lipinski definition) is 3. The lowest BCUT2D eigenvalue weighted by Gasteiger charge is -2.39. The van der Waals surface area contributed by atoms with E-state index in [9.17, 15) is 4.79 Å². The van der Waals surface area contributed by atoms with E-state index >= 15 is 0 Å². The van der Waals surface area contributed by atoms with Gasteiger partial charge in [-0.15, -0.1) is 0 Å². The van der Waals surface area contributed by atoms with E-state index in [1.807, 2.05) is 11.8 Å². The zero-order valence-electron chi connectivity index (χ0n) is 12.4. The molecule has 0 spiro atoms. The number of rotatable bonds is 2. The van der Waals surface area contributed by atoms with Crippen LogP contribution in [-0.2, 0) is 4.79 Å². The summed E-state index contributed by atoms with van der Waals surface area (Å²) in [6.07, 6.45) is 3.38. The summed E-state index contributed by atoms with van der Waals surface area (Å²) in [5, 5.41) is 8.93. The molecule has 4 heteroatoms. The van der Waals surface area contributed by atoms with E-state index in [1.165, 1.54) is 6.42 Å². The molecular formula is C15H25N3O. The third-order valence-corrected chi connectivity index (χ3v) is 4.92. The summed E-state index contributed by atoms with van der Waals surface area (Å²) >= 11 is 0. The van der Waals surface area contributed by atoms with E-state index in [-0.39, 0.29) is 17.4 Å². The van der Waals surface area contributed by atoms with Crippen molar-refractivity contribution >= 4 is 5.91 Å². The van der Waals surface area contributed by atoms with Crippen LogP contribution in [0.2, 0.25) is 0 Å². The summed E-state index contributed by atoms with van der Waals surface area (Å²) in [4.78, 5) is 16.8. The molecule has 0 N–H and O–H groups in total. The summed E-state index contributed by atoms with van der Waals surface area (Å²) in [6, 6.07) is 2.23. The topological polar surface area (TPSA) is 47.3 Å². The molecule has 1 amide bonds. The Hall–Kier alpha value is -1.08. The van der Waals surface area contributed by atoms with E-state index in [2.05, 4.69) is 24.8 Å². The summed E-state index contributed by atoms with van der Waals surface area (Å²) in [6.45, 7) is 9.57. The van der Waals surface area contributed by atoms with Gasteiger partial charge in [-0.2, -0.15) is 5.26 Å². The van der Waals surface area contributed by atoms with Crippen molar-refractivity contribution in [3.05, 3.63) is 0 Å². The minimum absolute atomic E-state index is 0.0415. The van der Waals surface area contributed by atoms with Gasteiger partial charge in [0, 0.05) is 32.1 Å². The van der Waals surface area contributed by atoms with Crippen LogP contribution >= 0.6 is 0 Å². The average molecular weight is 263 g/mol. The van der Waals surface area contributed by atoms with Crippen LogP contribution in [0.4, 0.5) is 0 Å². The highest BCUT2D eigenvalue weighted by atomic mass is 16.2. The Balaban J connectivity index is 1.91. The molecular weight excluding hydrogens is 238 g/mol. The monoisotopic (exact) mass is 263 g/mol. The maximum absolute atomic E-state index is 12.6. The lowest BCUT2D eigenvalue weighted by molar-refractivity contribution is -0.140. The first-order chi connectivity index (χ1) is 8.95. The van der Waals surface area contributed by atoms with Gasteiger partial charge < -0.3 is 4.90 Å². The third kappa shape index (κ3) is 2.92. The van der Waals surface area contributed by atoms with E-state index in [0.29, 0.717) is 5.91 Å². The van der Waals surface area contributed by atoms with Crippen LogP contribution in [0.3, 0.4) is 0 Å². The Morgan fingerprint density at radius 3 is 2.42 bits per heavy atom. The first-order valence-electron chi connectivity index (χ1n) is 7.38. The smallest absolute Gasteiger partial charge is 0.226 e. The minimum atomic E-state index is -0.0415. The zero-order chi connectivity index (χ0) is 14.0. The molecule has 0 bridgehead atoms. The average Bonchev–Trinajstić information content (AvgIpc) is 2.77. The van der Waals surface area contributed by atoms with Crippen molar-refractivity contribution in [2.75, 3.05) is 26.2 Å². The fraction of sp³-hybridized carbons (Fsp3) is 0.867. The van der Waals surface area contributed by atoms with Gasteiger partial charge in [-0.05, 0) is 25.2 Å². The van der Waals surface area contributed by atoms with Crippen LogP contribution in [0.5, 0.6) is 0 Å². The minimum Gasteiger partial charge on any atom is -0.340 e. The third-order valence-electron chi connectivity index (χ3n) is 4.92. The predicted octanol–water partition coefficient (Wildman–Crippen LogP) is 1.87. The molecule has 0 radical (unpaired) electrons. The summed E-state index contributed by atoms with van der Waals surface area (Å²) < 4.78 is 0. The van der Waals surface area contributed by atoms with Crippen LogP contribution in [0.15, 0.2) is 0 Å². The zero-order valence-corrected chi connectivity index (χ0v) is 12.4. The van der Waals surface area contributed by atoms with Crippen molar-refractivity contribution in [2.24, 2.45) is 11.3 Å². The van der Waals surface area contributed by atoms with Gasteiger partial charge in [0.15, 0.2) is 0 Å². The highest BCUT2D eigenvalue weighted by Gasteiger charge is 2.41. The second-order valence-electron chi connectivity index (χ2n) is 6.60. The van der Waals surface area contributed by atoms with Crippen LogP contribution in [-0.4, -0.2) is 47.9 Å². The molecule has 2 aliphatic rings. The van der Waals surface area contributed by atoms with Crippen molar-refractivity contribution < 1.29 is 4.79 Å². The van der Waals surface area contributed by atoms with Gasteiger partial charge in [-0.3, -0.25) is 9.69 Å². The number of nitriles is 1. The number of hydrogen-bond donors (Lipinski definition) is 0. The van der Waals surface area contributed by atoms with Gasteiger partial charge in [0.2, 0.25) is 5.91 Å². The number of carbonyl (C=O) groups excluding carboxylic acids is 1. The molecule has 106 valence electrons. The number of amides is 1. The standard InChI is InChI=1S/C15H25N3O/c1-12(11-16)17-7-9-18(10-8-17)14(19)13-5-4-6-15(13,2)3/h12-13H,4-10H2,1-3H3. The van der Waals surface area contributed by atoms with Gasteiger partial charge in [-0.1, -0.05) is 20.3 Å². The molecule has 1 heterocycles. The van der Waals surface area contributed by atoms with E-state index in [4.69, 9.17) is 5.26 Å². The maximum Gasteiger partial charge on any atom is 0.226 e. The summed E-state index contributed by atoms with van der Waals surface area (Å²) in [5.41, 5.74) is 0.161. The normalized spacial score (nSPS) is 28.9. The largest absolute Gasteiger partial charge is 0.340 e. The first-order valence-corrected chi connectivity index (χ1v) is 7.38. The SMILES string of the molecule is CC(C#N)N1CCN(C(=O)C2CCCC2(C)C)CC1. The van der Waals surface area contributed by atoms with Crippen molar-refractivity contribution in [1.82, 2.24) is 9.80 Å². The predicted molar refractivity (Wildman–Crippen MR) is 74.4 cm³/mol. The van der Waals surface area contributed by atoms with Crippen LogP contribution in [0, 0.1) is 22.7 Å². The molecule has 0 aromatic carbocycles. The second-order valence-corrected chi connectivity index (χ2v) is 6.60. The van der Waals surface area contributed by atoms with E-state index in [1.54, 1.807) is 0 Å².